The van der Waals surface area contributed by atoms with Crippen LogP contribution in [-0.2, 0) is 14.9 Å². The normalized spacial score (nSPS) is 13.0. The molecule has 0 aliphatic heterocycles. The molecule has 0 aliphatic rings. The minimum Gasteiger partial charge on any atom is -0.449 e. The van der Waals surface area contributed by atoms with Crippen LogP contribution in [0.4, 0.5) is 9.59 Å². The predicted molar refractivity (Wildman–Crippen MR) is 79.0 cm³/mol. The van der Waals surface area contributed by atoms with Gasteiger partial charge < -0.3 is 20.5 Å². The summed E-state index contributed by atoms with van der Waals surface area (Å²) in [6, 6.07) is 9.40. The van der Waals surface area contributed by atoms with Crippen LogP contribution < -0.4 is 11.1 Å². The molecule has 0 saturated carbocycles. The highest BCUT2D eigenvalue weighted by Crippen LogP contribution is 2.24. The van der Waals surface area contributed by atoms with Crippen LogP contribution >= 0.6 is 0 Å². The largest absolute Gasteiger partial charge is 0.449 e. The number of carbonyl (C=O) groups is 2. The summed E-state index contributed by atoms with van der Waals surface area (Å²) in [5.41, 5.74) is 5.26. The summed E-state index contributed by atoms with van der Waals surface area (Å²) < 4.78 is 10.1. The number of hydrogen-bond donors (Lipinski definition) is 2. The van der Waals surface area contributed by atoms with E-state index in [0.717, 1.165) is 12.0 Å². The molecule has 0 spiro atoms. The second-order valence-corrected chi connectivity index (χ2v) is 5.04. The average Bonchev–Trinajstić information content (AvgIpc) is 2.49. The van der Waals surface area contributed by atoms with E-state index in [0.29, 0.717) is 6.54 Å². The number of benzene rings is 1. The van der Waals surface area contributed by atoms with Crippen molar-refractivity contribution in [2.75, 3.05) is 19.8 Å². The summed E-state index contributed by atoms with van der Waals surface area (Å²) in [6.07, 6.45) is -0.513. The lowest BCUT2D eigenvalue weighted by Gasteiger charge is -2.28. The first kappa shape index (κ1) is 16.8. The number of primary amides is 1. The van der Waals surface area contributed by atoms with Crippen LogP contribution in [0.15, 0.2) is 30.3 Å². The number of carbonyl (C=O) groups excluding carboxylic acids is 2. The van der Waals surface area contributed by atoms with Gasteiger partial charge in [-0.05, 0) is 18.9 Å². The SMILES string of the molecule is CCCNC(=O)OCC(C)(COC(N)=O)c1ccccc1. The zero-order valence-electron chi connectivity index (χ0n) is 12.4. The van der Waals surface area contributed by atoms with E-state index in [1.165, 1.54) is 0 Å². The molecule has 116 valence electrons. The lowest BCUT2D eigenvalue weighted by atomic mass is 9.84. The number of hydrogen-bond acceptors (Lipinski definition) is 4. The zero-order chi connectivity index (χ0) is 15.7. The fourth-order valence-electron chi connectivity index (χ4n) is 1.78. The molecule has 0 aliphatic carbocycles. The summed E-state index contributed by atoms with van der Waals surface area (Å²) in [7, 11) is 0. The Morgan fingerprint density at radius 3 is 2.38 bits per heavy atom. The van der Waals surface area contributed by atoms with Gasteiger partial charge >= 0.3 is 12.2 Å². The van der Waals surface area contributed by atoms with E-state index < -0.39 is 17.6 Å². The number of rotatable bonds is 7. The number of alkyl carbamates (subject to hydrolysis) is 1. The van der Waals surface area contributed by atoms with Crippen molar-refractivity contribution in [3.63, 3.8) is 0 Å². The molecule has 1 atom stereocenters. The van der Waals surface area contributed by atoms with Gasteiger partial charge in [0.1, 0.15) is 13.2 Å². The number of amides is 2. The van der Waals surface area contributed by atoms with Gasteiger partial charge in [0.2, 0.25) is 0 Å². The van der Waals surface area contributed by atoms with Crippen LogP contribution in [0.3, 0.4) is 0 Å². The number of ether oxygens (including phenoxy) is 2. The van der Waals surface area contributed by atoms with Crippen molar-refractivity contribution in [2.45, 2.75) is 25.7 Å². The van der Waals surface area contributed by atoms with E-state index in [2.05, 4.69) is 5.32 Å². The van der Waals surface area contributed by atoms with Crippen LogP contribution in [0.1, 0.15) is 25.8 Å². The van der Waals surface area contributed by atoms with Crippen LogP contribution in [0, 0.1) is 0 Å². The second-order valence-electron chi connectivity index (χ2n) is 5.04. The second kappa shape index (κ2) is 8.14. The van der Waals surface area contributed by atoms with E-state index in [-0.39, 0.29) is 13.2 Å². The van der Waals surface area contributed by atoms with E-state index >= 15 is 0 Å². The Balaban J connectivity index is 2.73. The minimum absolute atomic E-state index is 0.0351. The first-order valence-electron chi connectivity index (χ1n) is 6.86. The van der Waals surface area contributed by atoms with Crippen LogP contribution in [0.25, 0.3) is 0 Å². The van der Waals surface area contributed by atoms with Crippen molar-refractivity contribution >= 4 is 12.2 Å². The van der Waals surface area contributed by atoms with E-state index in [4.69, 9.17) is 15.2 Å². The van der Waals surface area contributed by atoms with Gasteiger partial charge in [-0.15, -0.1) is 0 Å². The number of nitrogens with two attached hydrogens (primary N) is 1. The summed E-state index contributed by atoms with van der Waals surface area (Å²) >= 11 is 0. The molecule has 6 nitrogen and oxygen atoms in total. The van der Waals surface area contributed by atoms with Gasteiger partial charge in [0.05, 0.1) is 5.41 Å². The molecule has 0 fully saturated rings. The van der Waals surface area contributed by atoms with Gasteiger partial charge in [0.25, 0.3) is 0 Å². The summed E-state index contributed by atoms with van der Waals surface area (Å²) in [5, 5.41) is 2.63. The first-order chi connectivity index (χ1) is 9.98. The third-order valence-corrected chi connectivity index (χ3v) is 3.04. The Labute approximate surface area is 124 Å². The maximum Gasteiger partial charge on any atom is 0.407 e. The van der Waals surface area contributed by atoms with E-state index in [9.17, 15) is 9.59 Å². The fourth-order valence-corrected chi connectivity index (χ4v) is 1.78. The topological polar surface area (TPSA) is 90.7 Å². The third-order valence-electron chi connectivity index (χ3n) is 3.04. The smallest absolute Gasteiger partial charge is 0.407 e. The molecule has 0 bridgehead atoms. The highest BCUT2D eigenvalue weighted by Gasteiger charge is 2.30. The molecule has 6 heteroatoms. The van der Waals surface area contributed by atoms with Crippen molar-refractivity contribution in [1.82, 2.24) is 5.32 Å². The van der Waals surface area contributed by atoms with Crippen molar-refractivity contribution in [1.29, 1.82) is 0 Å². The molecule has 0 aromatic heterocycles. The van der Waals surface area contributed by atoms with Gasteiger partial charge in [0, 0.05) is 6.54 Å². The standard InChI is InChI=1S/C15H22N2O4/c1-3-9-17-14(19)21-11-15(2,10-20-13(16)18)12-7-5-4-6-8-12/h4-8H,3,9-11H2,1-2H3,(H2,16,18)(H,17,19). The van der Waals surface area contributed by atoms with Gasteiger partial charge in [-0.2, -0.15) is 0 Å². The van der Waals surface area contributed by atoms with Gasteiger partial charge in [0.15, 0.2) is 0 Å². The quantitative estimate of drug-likeness (QED) is 0.806. The molecule has 0 radical (unpaired) electrons. The highest BCUT2D eigenvalue weighted by molar-refractivity contribution is 5.67. The molecule has 0 heterocycles. The predicted octanol–water partition coefficient (Wildman–Crippen LogP) is 2.18. The number of nitrogens with one attached hydrogen (secondary N) is 1. The Kier molecular flexibility index (Phi) is 6.52. The fraction of sp³-hybridized carbons (Fsp3) is 0.467. The maximum atomic E-state index is 11.6. The summed E-state index contributed by atoms with van der Waals surface area (Å²) in [6.45, 7) is 4.47. The third kappa shape index (κ3) is 5.72. The van der Waals surface area contributed by atoms with Gasteiger partial charge in [-0.3, -0.25) is 0 Å². The molecule has 1 unspecified atom stereocenters. The van der Waals surface area contributed by atoms with Crippen molar-refractivity contribution < 1.29 is 19.1 Å². The summed E-state index contributed by atoms with van der Waals surface area (Å²) in [4.78, 5) is 22.4. The Hall–Kier alpha value is -2.24. The maximum absolute atomic E-state index is 11.6. The molecule has 3 N–H and O–H groups in total. The van der Waals surface area contributed by atoms with Crippen LogP contribution in [0.2, 0.25) is 0 Å². The van der Waals surface area contributed by atoms with Crippen LogP contribution in [0.5, 0.6) is 0 Å². The summed E-state index contributed by atoms with van der Waals surface area (Å²) in [5.74, 6) is 0. The lowest BCUT2D eigenvalue weighted by molar-refractivity contribution is 0.0777. The van der Waals surface area contributed by atoms with Gasteiger partial charge in [-0.25, -0.2) is 9.59 Å². The zero-order valence-corrected chi connectivity index (χ0v) is 12.4. The molecule has 1 aromatic rings. The minimum atomic E-state index is -0.854. The van der Waals surface area contributed by atoms with Crippen molar-refractivity contribution in [3.8, 4) is 0 Å². The lowest BCUT2D eigenvalue weighted by Crippen LogP contribution is -2.38. The molecule has 1 aromatic carbocycles. The highest BCUT2D eigenvalue weighted by atomic mass is 16.6. The van der Waals surface area contributed by atoms with Crippen molar-refractivity contribution in [3.05, 3.63) is 35.9 Å². The molecular formula is C15H22N2O4. The van der Waals surface area contributed by atoms with E-state index in [1.807, 2.05) is 44.2 Å². The molecule has 0 saturated heterocycles. The Bertz CT molecular complexity index is 464. The van der Waals surface area contributed by atoms with Crippen molar-refractivity contribution in [2.24, 2.45) is 5.73 Å². The van der Waals surface area contributed by atoms with Gasteiger partial charge in [-0.1, -0.05) is 37.3 Å². The van der Waals surface area contributed by atoms with E-state index in [1.54, 1.807) is 0 Å². The Morgan fingerprint density at radius 2 is 1.81 bits per heavy atom. The molecule has 1 rings (SSSR count). The van der Waals surface area contributed by atoms with Crippen LogP contribution in [-0.4, -0.2) is 31.9 Å². The molecular weight excluding hydrogens is 272 g/mol. The monoisotopic (exact) mass is 294 g/mol. The average molecular weight is 294 g/mol. The molecule has 21 heavy (non-hydrogen) atoms. The Morgan fingerprint density at radius 1 is 1.19 bits per heavy atom. The first-order valence-corrected chi connectivity index (χ1v) is 6.86. The molecule has 2 amide bonds.